The Bertz CT molecular complexity index is 2340. The van der Waals surface area contributed by atoms with Gasteiger partial charge in [-0.15, -0.1) is 11.3 Å². The quantitative estimate of drug-likeness (QED) is 0.0390. The molecule has 5 amide bonds. The van der Waals surface area contributed by atoms with E-state index in [9.17, 15) is 29.1 Å². The van der Waals surface area contributed by atoms with Crippen LogP contribution < -0.4 is 21.7 Å². The molecule has 15 nitrogen and oxygen atoms in total. The van der Waals surface area contributed by atoms with Crippen LogP contribution in [0.3, 0.4) is 0 Å². The molecule has 2 aromatic carbocycles. The number of rotatable bonds is 19. The van der Waals surface area contributed by atoms with Gasteiger partial charge < -0.3 is 31.1 Å². The van der Waals surface area contributed by atoms with Crippen molar-refractivity contribution in [1.29, 1.82) is 0 Å². The number of hydrogen-bond acceptors (Lipinski definition) is 12. The molecule has 4 heterocycles. The molecule has 1 aliphatic rings. The first kappa shape index (κ1) is 52.8. The standard InChI is InChI=1S/C27H35N5O4S.C12H12N2OS.C10H19NO2/c1-18-22(31-27(35)36-2)15-20(17-29-18)19-13-14-21-23(16-19)37-26(30-21)32-25(34)12-10-8-6-4-3-5-7-9-11-24(28)33;1-9-12(16-8-14-9)11-4-2-10(3-5-11)6-13-7-15;1-10(2,3)6-9(13)11-5-4-8(12)7-11/h13-17H,3-12H2,1-2H3,(H2,28,33)(H,31,35)(H,30,32,34);2-5,7-8H,6H2,1H3,(H,13,15);8,12H,4-7H2,1-3H3. The third-order valence-corrected chi connectivity index (χ3v) is 12.5. The van der Waals surface area contributed by atoms with Gasteiger partial charge in [0.2, 0.25) is 24.1 Å². The molecule has 0 aliphatic carbocycles. The first-order chi connectivity index (χ1) is 31.5. The Hall–Kier alpha value is -5.78. The van der Waals surface area contributed by atoms with E-state index in [0.29, 0.717) is 55.3 Å². The van der Waals surface area contributed by atoms with E-state index in [1.165, 1.54) is 28.9 Å². The molecule has 0 spiro atoms. The maximum absolute atomic E-state index is 12.4. The van der Waals surface area contributed by atoms with Crippen LogP contribution in [0.25, 0.3) is 31.8 Å². The van der Waals surface area contributed by atoms with Crippen molar-refractivity contribution in [2.45, 2.75) is 124 Å². The van der Waals surface area contributed by atoms with Crippen LogP contribution in [0.5, 0.6) is 0 Å². The zero-order chi connectivity index (χ0) is 48.1. The number of methoxy groups -OCH3 is 1. The Balaban J connectivity index is 0.000000266. The summed E-state index contributed by atoms with van der Waals surface area (Å²) in [6.45, 7) is 11.8. The molecule has 1 atom stereocenters. The lowest BCUT2D eigenvalue weighted by atomic mass is 9.92. The number of unbranched alkanes of at least 4 members (excludes halogenated alkanes) is 7. The summed E-state index contributed by atoms with van der Waals surface area (Å²) in [6.07, 6.45) is 12.2. The highest BCUT2D eigenvalue weighted by molar-refractivity contribution is 7.22. The number of aliphatic hydroxyl groups is 1. The molecule has 5 aromatic rings. The Labute approximate surface area is 396 Å². The molecule has 356 valence electrons. The monoisotopic (exact) mass is 942 g/mol. The Kier molecular flexibility index (Phi) is 21.6. The zero-order valence-electron chi connectivity index (χ0n) is 39.1. The summed E-state index contributed by atoms with van der Waals surface area (Å²) in [5.74, 6) is -0.0744. The van der Waals surface area contributed by atoms with Gasteiger partial charge in [-0.1, -0.05) is 101 Å². The van der Waals surface area contributed by atoms with Crippen molar-refractivity contribution in [3.8, 4) is 21.6 Å². The normalized spacial score (nSPS) is 13.2. The molecule has 0 saturated carbocycles. The molecular formula is C49H66N8O7S2. The average Bonchev–Trinajstić information content (AvgIpc) is 4.03. The number of carbonyl (C=O) groups is 5. The molecule has 3 aromatic heterocycles. The smallest absolute Gasteiger partial charge is 0.411 e. The Morgan fingerprint density at radius 1 is 0.879 bits per heavy atom. The fourth-order valence-corrected chi connectivity index (χ4v) is 8.74. The van der Waals surface area contributed by atoms with Gasteiger partial charge in [0, 0.05) is 50.7 Å². The van der Waals surface area contributed by atoms with Gasteiger partial charge in [-0.2, -0.15) is 0 Å². The maximum Gasteiger partial charge on any atom is 0.411 e. The first-order valence-electron chi connectivity index (χ1n) is 22.5. The van der Waals surface area contributed by atoms with Crippen molar-refractivity contribution in [2.75, 3.05) is 30.8 Å². The summed E-state index contributed by atoms with van der Waals surface area (Å²) in [6, 6.07) is 15.9. The minimum atomic E-state index is -0.547. The summed E-state index contributed by atoms with van der Waals surface area (Å²) in [4.78, 5) is 72.6. The fraction of sp³-hybridized carbons (Fsp3) is 0.469. The van der Waals surface area contributed by atoms with Crippen molar-refractivity contribution in [3.05, 3.63) is 77.2 Å². The van der Waals surface area contributed by atoms with E-state index in [-0.39, 0.29) is 29.2 Å². The lowest BCUT2D eigenvalue weighted by Crippen LogP contribution is -2.32. The number of hydrogen-bond donors (Lipinski definition) is 5. The number of carbonyl (C=O) groups excluding carboxylic acids is 5. The highest BCUT2D eigenvalue weighted by atomic mass is 32.1. The second-order valence-corrected chi connectivity index (χ2v) is 19.4. The van der Waals surface area contributed by atoms with Crippen molar-refractivity contribution in [2.24, 2.45) is 11.1 Å². The first-order valence-corrected chi connectivity index (χ1v) is 24.2. The van der Waals surface area contributed by atoms with Crippen molar-refractivity contribution in [3.63, 3.8) is 0 Å². The lowest BCUT2D eigenvalue weighted by molar-refractivity contribution is -0.132. The number of anilines is 2. The molecule has 0 bridgehead atoms. The number of nitrogens with two attached hydrogens (primary N) is 1. The SMILES string of the molecule is CC(C)(C)CC(=O)N1CCC(O)C1.COC(=O)Nc1cc(-c2ccc3nc(NC(=O)CCCCCCCCCCC(N)=O)sc3c2)cnc1C.Cc1ncsc1-c1ccc(CNC=O)cc1. The van der Waals surface area contributed by atoms with E-state index in [0.717, 1.165) is 96.9 Å². The number of pyridine rings is 1. The van der Waals surface area contributed by atoms with Gasteiger partial charge in [-0.05, 0) is 73.4 Å². The van der Waals surface area contributed by atoms with Gasteiger partial charge in [0.15, 0.2) is 5.13 Å². The third kappa shape index (κ3) is 18.6. The number of likely N-dealkylation sites (tertiary alicyclic amines) is 1. The largest absolute Gasteiger partial charge is 0.453 e. The number of benzene rings is 2. The fourth-order valence-electron chi connectivity index (χ4n) is 7.01. The maximum atomic E-state index is 12.4. The van der Waals surface area contributed by atoms with Crippen molar-refractivity contribution >= 4 is 73.9 Å². The van der Waals surface area contributed by atoms with E-state index in [1.807, 2.05) is 55.8 Å². The number of aromatic nitrogens is 3. The summed E-state index contributed by atoms with van der Waals surface area (Å²) in [5.41, 5.74) is 14.2. The summed E-state index contributed by atoms with van der Waals surface area (Å²) >= 11 is 3.08. The second-order valence-electron chi connectivity index (χ2n) is 17.5. The van der Waals surface area contributed by atoms with Gasteiger partial charge in [-0.3, -0.25) is 29.5 Å². The number of aliphatic hydroxyl groups excluding tert-OH is 1. The topological polar surface area (TPSA) is 219 Å². The van der Waals surface area contributed by atoms with Crippen molar-refractivity contribution in [1.82, 2.24) is 25.2 Å². The number of aryl methyl sites for hydroxylation is 2. The molecule has 1 unspecified atom stereocenters. The van der Waals surface area contributed by atoms with E-state index in [4.69, 9.17) is 5.73 Å². The van der Waals surface area contributed by atoms with Crippen LogP contribution in [0.1, 0.15) is 115 Å². The number of fused-ring (bicyclic) bond motifs is 1. The number of thiazole rings is 2. The molecule has 1 saturated heterocycles. The molecular weight excluding hydrogens is 877 g/mol. The Morgan fingerprint density at radius 3 is 2.14 bits per heavy atom. The molecule has 1 aliphatic heterocycles. The van der Waals surface area contributed by atoms with Gasteiger partial charge in [0.05, 0.1) is 50.9 Å². The highest BCUT2D eigenvalue weighted by Gasteiger charge is 2.27. The van der Waals surface area contributed by atoms with E-state index >= 15 is 0 Å². The van der Waals surface area contributed by atoms with Crippen LogP contribution in [0, 0.1) is 19.3 Å². The summed E-state index contributed by atoms with van der Waals surface area (Å²) in [5, 5.41) is 18.1. The predicted octanol–water partition coefficient (Wildman–Crippen LogP) is 9.55. The van der Waals surface area contributed by atoms with E-state index in [2.05, 4.69) is 68.5 Å². The molecule has 6 rings (SSSR count). The zero-order valence-corrected chi connectivity index (χ0v) is 40.7. The van der Waals surface area contributed by atoms with Crippen LogP contribution in [-0.2, 0) is 30.5 Å². The van der Waals surface area contributed by atoms with Gasteiger partial charge in [-0.25, -0.2) is 14.8 Å². The third-order valence-electron chi connectivity index (χ3n) is 10.6. The van der Waals surface area contributed by atoms with Crippen LogP contribution in [-0.4, -0.2) is 81.5 Å². The number of amides is 5. The van der Waals surface area contributed by atoms with Crippen LogP contribution in [0.2, 0.25) is 0 Å². The van der Waals surface area contributed by atoms with Gasteiger partial charge >= 0.3 is 6.09 Å². The second kappa shape index (κ2) is 27.0. The van der Waals surface area contributed by atoms with Gasteiger partial charge in [0.1, 0.15) is 0 Å². The average molecular weight is 943 g/mol. The van der Waals surface area contributed by atoms with E-state index < -0.39 is 6.09 Å². The van der Waals surface area contributed by atoms with Crippen molar-refractivity contribution < 1.29 is 33.8 Å². The number of nitrogens with one attached hydrogen (secondary N) is 3. The minimum Gasteiger partial charge on any atom is -0.453 e. The van der Waals surface area contributed by atoms with Crippen LogP contribution in [0.15, 0.2) is 60.2 Å². The summed E-state index contributed by atoms with van der Waals surface area (Å²) in [7, 11) is 1.32. The van der Waals surface area contributed by atoms with E-state index in [1.54, 1.807) is 22.4 Å². The molecule has 1 fully saturated rings. The molecule has 6 N–H and O–H groups in total. The molecule has 0 radical (unpaired) electrons. The Morgan fingerprint density at radius 2 is 1.55 bits per heavy atom. The highest BCUT2D eigenvalue weighted by Crippen LogP contribution is 2.32. The number of primary amides is 1. The molecule has 17 heteroatoms. The number of nitrogens with zero attached hydrogens (tertiary/aromatic N) is 4. The summed E-state index contributed by atoms with van der Waals surface area (Å²) < 4.78 is 5.63. The van der Waals surface area contributed by atoms with Gasteiger partial charge in [0.25, 0.3) is 0 Å². The molecule has 66 heavy (non-hydrogen) atoms. The van der Waals surface area contributed by atoms with Crippen LogP contribution >= 0.6 is 22.7 Å². The minimum absolute atomic E-state index is 0.0213. The van der Waals surface area contributed by atoms with Crippen LogP contribution in [0.4, 0.5) is 15.6 Å². The predicted molar refractivity (Wildman–Crippen MR) is 264 cm³/mol. The number of ether oxygens (including phenoxy) is 1. The number of β-amino-alcohol motifs (C(OH)–C–C–N with tert-alkyl or cyclic N) is 1. The lowest BCUT2D eigenvalue weighted by Gasteiger charge is -2.22.